The number of hydrogen-bond donors (Lipinski definition) is 0. The van der Waals surface area contributed by atoms with Gasteiger partial charge < -0.3 is 14.2 Å². The van der Waals surface area contributed by atoms with Gasteiger partial charge in [0.25, 0.3) is 0 Å². The van der Waals surface area contributed by atoms with Crippen molar-refractivity contribution in [3.05, 3.63) is 10.4 Å². The Bertz CT molecular complexity index is 419. The van der Waals surface area contributed by atoms with Crippen LogP contribution in [0.4, 0.5) is 0 Å². The summed E-state index contributed by atoms with van der Waals surface area (Å²) in [5.41, 5.74) is 8.69. The van der Waals surface area contributed by atoms with Crippen molar-refractivity contribution >= 4 is 5.78 Å². The van der Waals surface area contributed by atoms with E-state index in [1.807, 2.05) is 0 Å². The van der Waals surface area contributed by atoms with Gasteiger partial charge in [0.2, 0.25) is 0 Å². The second kappa shape index (κ2) is 5.09. The molecule has 2 fully saturated rings. The van der Waals surface area contributed by atoms with E-state index in [0.29, 0.717) is 6.42 Å². The number of rotatable bonds is 4. The Morgan fingerprint density at radius 1 is 1.47 bits per heavy atom. The predicted molar refractivity (Wildman–Crippen MR) is 66.1 cm³/mol. The van der Waals surface area contributed by atoms with Gasteiger partial charge in [-0.25, -0.2) is 0 Å². The fourth-order valence-electron chi connectivity index (χ4n) is 2.63. The molecule has 0 radical (unpaired) electrons. The molecule has 0 aromatic heterocycles. The zero-order chi connectivity index (χ0) is 14.2. The molecule has 0 spiro atoms. The van der Waals surface area contributed by atoms with Crippen LogP contribution in [0.25, 0.3) is 10.4 Å². The highest BCUT2D eigenvalue weighted by atomic mass is 16.8. The molecule has 0 amide bonds. The van der Waals surface area contributed by atoms with Crippen LogP contribution in [0.1, 0.15) is 34.1 Å². The molecule has 0 aromatic rings. The average molecular weight is 269 g/mol. The third-order valence-corrected chi connectivity index (χ3v) is 3.59. The van der Waals surface area contributed by atoms with Crippen LogP contribution in [0, 0.1) is 5.92 Å². The summed E-state index contributed by atoms with van der Waals surface area (Å²) in [6.45, 7) is 7.13. The molecule has 2 aliphatic heterocycles. The summed E-state index contributed by atoms with van der Waals surface area (Å²) in [4.78, 5) is 14.6. The van der Waals surface area contributed by atoms with Crippen LogP contribution < -0.4 is 0 Å². The number of hydrogen-bond acceptors (Lipinski definition) is 5. The van der Waals surface area contributed by atoms with Crippen molar-refractivity contribution in [3.8, 4) is 0 Å². The predicted octanol–water partition coefficient (Wildman–Crippen LogP) is 2.16. The van der Waals surface area contributed by atoms with E-state index in [0.717, 1.165) is 0 Å². The number of nitrogens with zero attached hydrogens (tertiary/aromatic N) is 3. The standard InChI is InChI=1S/C12H19N3O4/c1-5-7(16)6(2)9-8(14-15-13)10-11(17-9)19-12(3,4)18-10/h6,8-11H,5H2,1-4H3/t6-,8+,9+,10+,11+/m0/s1. The summed E-state index contributed by atoms with van der Waals surface area (Å²) in [5.74, 6) is -1.04. The van der Waals surface area contributed by atoms with E-state index in [1.165, 1.54) is 0 Å². The Morgan fingerprint density at radius 2 is 2.16 bits per heavy atom. The third-order valence-electron chi connectivity index (χ3n) is 3.59. The molecule has 2 saturated heterocycles. The molecule has 7 heteroatoms. The Kier molecular flexibility index (Phi) is 3.82. The van der Waals surface area contributed by atoms with Gasteiger partial charge in [-0.3, -0.25) is 4.79 Å². The van der Waals surface area contributed by atoms with Gasteiger partial charge in [0.15, 0.2) is 12.1 Å². The second-order valence-corrected chi connectivity index (χ2v) is 5.37. The van der Waals surface area contributed by atoms with Crippen LogP contribution in [0.15, 0.2) is 5.11 Å². The lowest BCUT2D eigenvalue weighted by atomic mass is 9.92. The molecule has 0 aromatic carbocycles. The van der Waals surface area contributed by atoms with E-state index in [1.54, 1.807) is 27.7 Å². The zero-order valence-corrected chi connectivity index (χ0v) is 11.6. The fraction of sp³-hybridized carbons (Fsp3) is 0.917. The van der Waals surface area contributed by atoms with Crippen molar-refractivity contribution in [1.29, 1.82) is 0 Å². The number of fused-ring (bicyclic) bond motifs is 1. The minimum absolute atomic E-state index is 0.0716. The molecule has 0 N–H and O–H groups in total. The molecule has 0 aliphatic carbocycles. The molecular formula is C12H19N3O4. The van der Waals surface area contributed by atoms with Crippen LogP contribution >= 0.6 is 0 Å². The third kappa shape index (κ3) is 2.60. The van der Waals surface area contributed by atoms with E-state index in [-0.39, 0.29) is 11.7 Å². The maximum atomic E-state index is 11.8. The lowest BCUT2D eigenvalue weighted by molar-refractivity contribution is -0.210. The van der Waals surface area contributed by atoms with Gasteiger partial charge in [0.1, 0.15) is 11.9 Å². The van der Waals surface area contributed by atoms with Crippen molar-refractivity contribution < 1.29 is 19.0 Å². The van der Waals surface area contributed by atoms with Crippen LogP contribution in [-0.4, -0.2) is 36.1 Å². The highest BCUT2D eigenvalue weighted by Gasteiger charge is 2.56. The van der Waals surface area contributed by atoms with Crippen molar-refractivity contribution in [2.45, 2.75) is 64.4 Å². The highest BCUT2D eigenvalue weighted by molar-refractivity contribution is 5.81. The van der Waals surface area contributed by atoms with Gasteiger partial charge in [-0.1, -0.05) is 19.0 Å². The first-order chi connectivity index (χ1) is 8.89. The number of Topliss-reactive ketones (excluding diaryl/α,β-unsaturated/α-hetero) is 1. The molecule has 19 heavy (non-hydrogen) atoms. The first-order valence-electron chi connectivity index (χ1n) is 6.47. The molecule has 0 bridgehead atoms. The van der Waals surface area contributed by atoms with Crippen molar-refractivity contribution in [2.24, 2.45) is 11.0 Å². The van der Waals surface area contributed by atoms with Crippen LogP contribution in [0.3, 0.4) is 0 Å². The topological polar surface area (TPSA) is 93.5 Å². The summed E-state index contributed by atoms with van der Waals surface area (Å²) >= 11 is 0. The molecule has 2 rings (SSSR count). The Hall–Kier alpha value is -1.14. The van der Waals surface area contributed by atoms with Crippen molar-refractivity contribution in [1.82, 2.24) is 0 Å². The number of carbonyl (C=O) groups is 1. The molecule has 2 heterocycles. The van der Waals surface area contributed by atoms with Crippen molar-refractivity contribution in [2.75, 3.05) is 0 Å². The summed E-state index contributed by atoms with van der Waals surface area (Å²) in [7, 11) is 0. The first-order valence-corrected chi connectivity index (χ1v) is 6.47. The van der Waals surface area contributed by atoms with Crippen LogP contribution in [0.2, 0.25) is 0 Å². The summed E-state index contributed by atoms with van der Waals surface area (Å²) in [6.07, 6.45) is -1.10. The van der Waals surface area contributed by atoms with E-state index >= 15 is 0 Å². The Labute approximate surface area is 111 Å². The van der Waals surface area contributed by atoms with Gasteiger partial charge in [0, 0.05) is 17.3 Å². The number of ether oxygens (including phenoxy) is 3. The largest absolute Gasteiger partial charge is 0.345 e. The molecule has 2 aliphatic rings. The highest BCUT2D eigenvalue weighted by Crippen LogP contribution is 2.41. The number of carbonyl (C=O) groups excluding carboxylic acids is 1. The normalized spacial score (nSPS) is 37.5. The summed E-state index contributed by atoms with van der Waals surface area (Å²) < 4.78 is 17.1. The van der Waals surface area contributed by atoms with Gasteiger partial charge >= 0.3 is 0 Å². The fourth-order valence-corrected chi connectivity index (χ4v) is 2.63. The first kappa shape index (κ1) is 14.3. The molecule has 5 atom stereocenters. The Morgan fingerprint density at radius 3 is 2.74 bits per heavy atom. The molecule has 106 valence electrons. The minimum atomic E-state index is -0.762. The SMILES string of the molecule is CCC(=O)[C@H](C)[C@H]1O[C@@H]2OC(C)(C)O[C@@H]2[C@@H]1N=[N+]=[N-]. The van der Waals surface area contributed by atoms with E-state index in [2.05, 4.69) is 10.0 Å². The monoisotopic (exact) mass is 269 g/mol. The van der Waals surface area contributed by atoms with E-state index in [4.69, 9.17) is 19.7 Å². The average Bonchev–Trinajstić information content (AvgIpc) is 2.81. The number of ketones is 1. The van der Waals surface area contributed by atoms with Gasteiger partial charge in [-0.05, 0) is 19.4 Å². The quantitative estimate of drug-likeness (QED) is 0.444. The van der Waals surface area contributed by atoms with Crippen molar-refractivity contribution in [3.63, 3.8) is 0 Å². The van der Waals surface area contributed by atoms with Gasteiger partial charge in [-0.15, -0.1) is 0 Å². The maximum Gasteiger partial charge on any atom is 0.187 e. The lowest BCUT2D eigenvalue weighted by Crippen LogP contribution is -2.38. The second-order valence-electron chi connectivity index (χ2n) is 5.37. The van der Waals surface area contributed by atoms with Crippen LogP contribution in [-0.2, 0) is 19.0 Å². The Balaban J connectivity index is 2.20. The van der Waals surface area contributed by atoms with E-state index in [9.17, 15) is 4.79 Å². The summed E-state index contributed by atoms with van der Waals surface area (Å²) in [6, 6.07) is -0.540. The number of azide groups is 1. The van der Waals surface area contributed by atoms with E-state index < -0.39 is 30.3 Å². The summed E-state index contributed by atoms with van der Waals surface area (Å²) in [5, 5.41) is 3.75. The molecular weight excluding hydrogens is 250 g/mol. The molecule has 7 nitrogen and oxygen atoms in total. The van der Waals surface area contributed by atoms with Gasteiger partial charge in [0.05, 0.1) is 12.1 Å². The minimum Gasteiger partial charge on any atom is -0.345 e. The van der Waals surface area contributed by atoms with Gasteiger partial charge in [-0.2, -0.15) is 0 Å². The maximum absolute atomic E-state index is 11.8. The molecule has 0 saturated carbocycles. The molecule has 0 unspecified atom stereocenters. The zero-order valence-electron chi connectivity index (χ0n) is 11.6. The smallest absolute Gasteiger partial charge is 0.187 e. The lowest BCUT2D eigenvalue weighted by Gasteiger charge is -2.26. The van der Waals surface area contributed by atoms with Crippen LogP contribution in [0.5, 0.6) is 0 Å².